The zero-order valence-electron chi connectivity index (χ0n) is 81.5. The summed E-state index contributed by atoms with van der Waals surface area (Å²) in [5.41, 5.74) is -0.981. The lowest BCUT2D eigenvalue weighted by Crippen LogP contribution is -2.42. The molecule has 20 bridgehead atoms. The molecule has 21 fully saturated rings. The van der Waals surface area contributed by atoms with E-state index in [2.05, 4.69) is 104 Å². The number of esters is 8. The van der Waals surface area contributed by atoms with E-state index in [1.54, 1.807) is 0 Å². The Balaban J connectivity index is 0.000000111. The van der Waals surface area contributed by atoms with E-state index in [0.717, 1.165) is 222 Å². The Labute approximate surface area is 760 Å². The summed E-state index contributed by atoms with van der Waals surface area (Å²) in [4.78, 5) is 100. The first-order valence-corrected chi connectivity index (χ1v) is 53.8. The van der Waals surface area contributed by atoms with Crippen molar-refractivity contribution in [3.63, 3.8) is 0 Å². The molecule has 0 N–H and O–H groups in total. The maximum absolute atomic E-state index is 13.1. The fourth-order valence-corrected chi connectivity index (χ4v) is 36.5. The van der Waals surface area contributed by atoms with Crippen LogP contribution < -0.4 is 0 Å². The lowest BCUT2D eigenvalue weighted by molar-refractivity contribution is -0.177. The third-order valence-electron chi connectivity index (χ3n) is 44.3. The van der Waals surface area contributed by atoms with Crippen LogP contribution in [0, 0.1) is 219 Å². The largest absolute Gasteiger partial charge is 0.462 e. The fourth-order valence-electron chi connectivity index (χ4n) is 36.5. The Morgan fingerprint density at radius 2 is 0.738 bits per heavy atom. The first-order valence-electron chi connectivity index (χ1n) is 53.8. The first-order chi connectivity index (χ1) is 60.1. The number of hydrogen-bond acceptors (Lipinski definition) is 16. The van der Waals surface area contributed by atoms with E-state index in [4.69, 9.17) is 37.9 Å². The molecule has 0 aromatic carbocycles. The van der Waals surface area contributed by atoms with Crippen molar-refractivity contribution in [1.29, 1.82) is 0 Å². The summed E-state index contributed by atoms with van der Waals surface area (Å²) in [5, 5.41) is 0. The number of hydrogen-bond donors (Lipinski definition) is 0. The molecule has 21 aliphatic rings. The standard InChI is InChI=1S/2C23H36O4.C22H34O2.C21H32O4.C21H34O2/c1-5-23(12-16-6-7-18(23)8-16)27-22(25)11-21(26-15(4)24)20-10-17-9-19(20)14(3)13(17)2;1-5-23(12-16-6-7-18(23)9-16)27-21(24)8-13(2)26-22(25)20-11-17-10-19(20)15(4)14(17)3;1-4-22(7-5-6-8-22)24-21(23)18-10-14-9-17(18)20-16-11-15(19(14)20)12(2)13(16)3;1-4-21(10-14-5-6-16(21)7-14)25-19(22)11-24-20(23)18-9-15-8-17(18)13(3)12(15)2;1-4-21(12-15-5-7-18(21)9-15)23-20(22)8-6-16-10-17-11-19(16)14(3)13(17)2/h13-14,16-21H,5-12H2,1-4H3;13-20H,5-12H2,1-4H3;12-20H,4-11H2,1-3H3;12-18H,4-11H2,1-3H3;13-19H,4-12H2,1-3H3. The lowest BCUT2D eigenvalue weighted by atomic mass is 9.62. The first kappa shape index (κ1) is 93.6. The van der Waals surface area contributed by atoms with Crippen molar-refractivity contribution >= 4 is 47.8 Å². The van der Waals surface area contributed by atoms with Crippen molar-refractivity contribution in [3.8, 4) is 0 Å². The fraction of sp³-hybridized carbons (Fsp3) is 0.927. The third-order valence-corrected chi connectivity index (χ3v) is 44.3. The van der Waals surface area contributed by atoms with E-state index >= 15 is 0 Å². The average molecular weight is 1750 g/mol. The predicted molar refractivity (Wildman–Crippen MR) is 485 cm³/mol. The Bertz CT molecular complexity index is 3890. The van der Waals surface area contributed by atoms with Crippen LogP contribution in [0.2, 0.25) is 0 Å². The highest BCUT2D eigenvalue weighted by molar-refractivity contribution is 5.79. The molecule has 0 saturated heterocycles. The number of rotatable bonds is 25. The smallest absolute Gasteiger partial charge is 0.344 e. The van der Waals surface area contributed by atoms with E-state index in [-0.39, 0.29) is 119 Å². The third kappa shape index (κ3) is 17.5. The van der Waals surface area contributed by atoms with Crippen LogP contribution in [0.25, 0.3) is 0 Å². The Morgan fingerprint density at radius 3 is 1.16 bits per heavy atom. The van der Waals surface area contributed by atoms with Crippen molar-refractivity contribution in [2.24, 2.45) is 219 Å². The van der Waals surface area contributed by atoms with E-state index in [1.165, 1.54) is 135 Å². The minimum Gasteiger partial charge on any atom is -0.462 e. The summed E-state index contributed by atoms with van der Waals surface area (Å²) in [7, 11) is 0. The molecule has 0 radical (unpaired) electrons. The molecule has 0 aromatic rings. The summed E-state index contributed by atoms with van der Waals surface area (Å²) in [6.45, 7) is 37.5. The van der Waals surface area contributed by atoms with Crippen LogP contribution in [-0.4, -0.2) is 94.6 Å². The van der Waals surface area contributed by atoms with Crippen LogP contribution >= 0.6 is 0 Å². The Morgan fingerprint density at radius 1 is 0.341 bits per heavy atom. The van der Waals surface area contributed by atoms with Gasteiger partial charge >= 0.3 is 47.8 Å². The van der Waals surface area contributed by atoms with Crippen LogP contribution in [0.1, 0.15) is 375 Å². The van der Waals surface area contributed by atoms with Crippen molar-refractivity contribution in [2.75, 3.05) is 6.61 Å². The van der Waals surface area contributed by atoms with E-state index in [1.807, 2.05) is 6.92 Å². The van der Waals surface area contributed by atoms with Gasteiger partial charge in [0.05, 0.1) is 30.6 Å². The zero-order valence-corrected chi connectivity index (χ0v) is 81.5. The van der Waals surface area contributed by atoms with Gasteiger partial charge in [0.1, 0.15) is 40.2 Å². The molecule has 21 saturated carbocycles. The van der Waals surface area contributed by atoms with Crippen molar-refractivity contribution in [1.82, 2.24) is 0 Å². The van der Waals surface area contributed by atoms with E-state index in [9.17, 15) is 38.4 Å². The Hall–Kier alpha value is -4.24. The number of fused-ring (bicyclic) bond motifs is 25. The molecule has 43 unspecified atom stereocenters. The maximum Gasteiger partial charge on any atom is 0.344 e. The molecule has 0 spiro atoms. The minimum atomic E-state index is -0.399. The van der Waals surface area contributed by atoms with Crippen LogP contribution in [0.3, 0.4) is 0 Å². The zero-order chi connectivity index (χ0) is 89.3. The minimum absolute atomic E-state index is 0.00775. The van der Waals surface area contributed by atoms with Crippen LogP contribution in [-0.2, 0) is 76.3 Å². The van der Waals surface area contributed by atoms with Crippen molar-refractivity contribution < 1.29 is 76.3 Å². The quantitative estimate of drug-likeness (QED) is 0.0472. The second-order valence-electron chi connectivity index (χ2n) is 49.0. The molecule has 21 rings (SSSR count). The predicted octanol–water partition coefficient (Wildman–Crippen LogP) is 23.7. The molecule has 0 heterocycles. The molecule has 16 nitrogen and oxygen atoms in total. The van der Waals surface area contributed by atoms with Crippen LogP contribution in [0.15, 0.2) is 0 Å². The second kappa shape index (κ2) is 37.2. The molecule has 16 heteroatoms. The highest BCUT2D eigenvalue weighted by Gasteiger charge is 2.68. The summed E-state index contributed by atoms with van der Waals surface area (Å²) in [6.07, 6.45) is 43.3. The van der Waals surface area contributed by atoms with Gasteiger partial charge in [-0.05, 0) is 446 Å². The highest BCUT2D eigenvalue weighted by atomic mass is 16.6. The highest BCUT2D eigenvalue weighted by Crippen LogP contribution is 2.72. The van der Waals surface area contributed by atoms with Gasteiger partial charge < -0.3 is 37.9 Å². The van der Waals surface area contributed by atoms with E-state index in [0.29, 0.717) is 95.2 Å². The molecule has 43 atom stereocenters. The van der Waals surface area contributed by atoms with Gasteiger partial charge in [-0.1, -0.05) is 104 Å². The van der Waals surface area contributed by atoms with Crippen LogP contribution in [0.4, 0.5) is 0 Å². The van der Waals surface area contributed by atoms with Gasteiger partial charge in [0.2, 0.25) is 0 Å². The molecular weight excluding hydrogens is 1580 g/mol. The van der Waals surface area contributed by atoms with Gasteiger partial charge in [0.15, 0.2) is 6.61 Å². The number of ether oxygens (including phenoxy) is 8. The average Bonchev–Trinajstić information content (AvgIpc) is 1.53. The van der Waals surface area contributed by atoms with E-state index < -0.39 is 6.10 Å². The molecule has 0 aliphatic heterocycles. The van der Waals surface area contributed by atoms with Gasteiger partial charge in [0.25, 0.3) is 0 Å². The topological polar surface area (TPSA) is 210 Å². The summed E-state index contributed by atoms with van der Waals surface area (Å²) in [6, 6.07) is 0. The molecule has 0 amide bonds. The molecular formula is C110H172O16. The molecule has 21 aliphatic carbocycles. The number of carbonyl (C=O) groups is 8. The summed E-state index contributed by atoms with van der Waals surface area (Å²) in [5.74, 6) is 23.8. The lowest BCUT2D eigenvalue weighted by Gasteiger charge is -2.43. The molecule has 708 valence electrons. The van der Waals surface area contributed by atoms with Gasteiger partial charge in [-0.25, -0.2) is 4.79 Å². The maximum atomic E-state index is 13.1. The summed E-state index contributed by atoms with van der Waals surface area (Å²) >= 11 is 0. The van der Waals surface area contributed by atoms with Gasteiger partial charge in [-0.15, -0.1) is 0 Å². The normalized spacial score (nSPS) is 48.5. The molecule has 0 aromatic heterocycles. The Kier molecular flexibility index (Phi) is 27.6. The molecule has 126 heavy (non-hydrogen) atoms. The number of carbonyl (C=O) groups excluding carboxylic acids is 8. The van der Waals surface area contributed by atoms with Crippen LogP contribution in [0.5, 0.6) is 0 Å². The van der Waals surface area contributed by atoms with Gasteiger partial charge in [0, 0.05) is 13.3 Å². The van der Waals surface area contributed by atoms with Crippen molar-refractivity contribution in [3.05, 3.63) is 0 Å². The van der Waals surface area contributed by atoms with Gasteiger partial charge in [-0.3, -0.25) is 33.6 Å². The van der Waals surface area contributed by atoms with Gasteiger partial charge in [-0.2, -0.15) is 0 Å². The van der Waals surface area contributed by atoms with Crippen molar-refractivity contribution in [2.45, 2.75) is 415 Å². The summed E-state index contributed by atoms with van der Waals surface area (Å²) < 4.78 is 47.2. The second-order valence-corrected chi connectivity index (χ2v) is 49.0. The monoisotopic (exact) mass is 1750 g/mol. The SMILES string of the molecule is CCC1(OC(=O)C2CC3CC2C2C4CC(C(C)C4C)C32)CCCC1.CCC1(OC(=O)CC(C)OC(=O)C2CC3CC2C(C)C3C)CC2CCC1C2.CCC1(OC(=O)CC(OC(C)=O)C2CC3CC2C(C)C3C)CC2CCC1C2.CCC1(OC(=O)CCC2CC3CC2C(C)C3C)CC2CCC1C2.CCC1(OC(=O)COC(=O)C2CC3CC2C(C)C3C)CC2CCC1C2.